The van der Waals surface area contributed by atoms with Crippen LogP contribution >= 0.6 is 0 Å². The Morgan fingerprint density at radius 2 is 1.95 bits per heavy atom. The lowest BCUT2D eigenvalue weighted by atomic mass is 10.0. The highest BCUT2D eigenvalue weighted by molar-refractivity contribution is 5.83. The number of benzene rings is 1. The smallest absolute Gasteiger partial charge is 0.329 e. The molecule has 102 valence electrons. The molecule has 1 heterocycles. The largest absolute Gasteiger partial charge is 0.338 e. The average molecular weight is 262 g/mol. The van der Waals surface area contributed by atoms with Crippen LogP contribution in [0.2, 0.25) is 0 Å². The molecule has 0 aromatic heterocycles. The number of carbonyl (C=O) groups excluding carboxylic acids is 2. The number of hydroxylamine groups is 2. The number of rotatable bonds is 2. The van der Waals surface area contributed by atoms with Crippen molar-refractivity contribution in [2.75, 3.05) is 13.6 Å². The molecule has 19 heavy (non-hydrogen) atoms. The summed E-state index contributed by atoms with van der Waals surface area (Å²) < 4.78 is 0. The first kappa shape index (κ1) is 13.5. The van der Waals surface area contributed by atoms with Gasteiger partial charge in [-0.1, -0.05) is 30.3 Å². The standard InChI is InChI=1S/C14H18N2O3/c1-10-14(18)16(19-11(2)17)13(9-15(10)3)12-7-5-4-6-8-12/h4-8,10,13H,9H2,1-3H3/t10-,13?/m1/s1. The van der Waals surface area contributed by atoms with Gasteiger partial charge >= 0.3 is 5.97 Å². The number of nitrogens with zero attached hydrogens (tertiary/aromatic N) is 2. The monoisotopic (exact) mass is 262 g/mol. The van der Waals surface area contributed by atoms with Crippen molar-refractivity contribution in [3.05, 3.63) is 35.9 Å². The molecule has 0 bridgehead atoms. The molecule has 5 nitrogen and oxygen atoms in total. The van der Waals surface area contributed by atoms with Gasteiger partial charge in [-0.05, 0) is 19.5 Å². The Balaban J connectivity index is 2.32. The molecular formula is C14H18N2O3. The van der Waals surface area contributed by atoms with Crippen molar-refractivity contribution in [2.24, 2.45) is 0 Å². The predicted molar refractivity (Wildman–Crippen MR) is 69.9 cm³/mol. The molecule has 1 aliphatic heterocycles. The van der Waals surface area contributed by atoms with Crippen LogP contribution in [-0.2, 0) is 14.4 Å². The van der Waals surface area contributed by atoms with E-state index in [0.717, 1.165) is 5.56 Å². The lowest BCUT2D eigenvalue weighted by Gasteiger charge is -2.41. The van der Waals surface area contributed by atoms with Crippen LogP contribution in [0.25, 0.3) is 0 Å². The van der Waals surface area contributed by atoms with E-state index in [0.29, 0.717) is 6.54 Å². The molecule has 1 amide bonds. The van der Waals surface area contributed by atoms with Crippen LogP contribution in [0.5, 0.6) is 0 Å². The van der Waals surface area contributed by atoms with E-state index >= 15 is 0 Å². The fourth-order valence-electron chi connectivity index (χ4n) is 2.19. The van der Waals surface area contributed by atoms with Crippen molar-refractivity contribution >= 4 is 11.9 Å². The van der Waals surface area contributed by atoms with Crippen LogP contribution in [0.3, 0.4) is 0 Å². The molecule has 2 rings (SSSR count). The molecule has 0 spiro atoms. The Hall–Kier alpha value is -1.88. The van der Waals surface area contributed by atoms with Crippen LogP contribution in [0.15, 0.2) is 30.3 Å². The van der Waals surface area contributed by atoms with Crippen LogP contribution in [-0.4, -0.2) is 41.5 Å². The van der Waals surface area contributed by atoms with Crippen molar-refractivity contribution in [3.63, 3.8) is 0 Å². The molecule has 1 aliphatic rings. The highest BCUT2D eigenvalue weighted by atomic mass is 16.7. The second kappa shape index (κ2) is 5.40. The fraction of sp³-hybridized carbons (Fsp3) is 0.429. The minimum Gasteiger partial charge on any atom is -0.338 e. The molecule has 0 radical (unpaired) electrons. The van der Waals surface area contributed by atoms with E-state index < -0.39 is 5.97 Å². The SMILES string of the molecule is CC(=O)ON1C(=O)[C@@H](C)N(C)CC1c1ccccc1. The Kier molecular flexibility index (Phi) is 3.85. The number of hydrogen-bond donors (Lipinski definition) is 0. The maximum Gasteiger partial charge on any atom is 0.329 e. The zero-order valence-electron chi connectivity index (χ0n) is 11.4. The molecule has 2 atom stereocenters. The van der Waals surface area contributed by atoms with Gasteiger partial charge in [-0.15, -0.1) is 0 Å². The van der Waals surface area contributed by atoms with Gasteiger partial charge in [0.15, 0.2) is 0 Å². The van der Waals surface area contributed by atoms with Crippen LogP contribution in [0.1, 0.15) is 25.5 Å². The highest BCUT2D eigenvalue weighted by Crippen LogP contribution is 2.28. The normalized spacial score (nSPS) is 24.4. The van der Waals surface area contributed by atoms with E-state index in [1.807, 2.05) is 42.3 Å². The van der Waals surface area contributed by atoms with E-state index in [4.69, 9.17) is 4.84 Å². The Morgan fingerprint density at radius 1 is 1.32 bits per heavy atom. The third-order valence-electron chi connectivity index (χ3n) is 3.39. The van der Waals surface area contributed by atoms with Gasteiger partial charge in [0.25, 0.3) is 5.91 Å². The second-order valence-corrected chi connectivity index (χ2v) is 4.79. The number of carbonyl (C=O) groups is 2. The fourth-order valence-corrected chi connectivity index (χ4v) is 2.19. The lowest BCUT2D eigenvalue weighted by molar-refractivity contribution is -0.218. The molecule has 1 aromatic rings. The van der Waals surface area contributed by atoms with E-state index in [1.54, 1.807) is 6.92 Å². The Bertz CT molecular complexity index is 475. The summed E-state index contributed by atoms with van der Waals surface area (Å²) in [4.78, 5) is 30.5. The summed E-state index contributed by atoms with van der Waals surface area (Å²) in [7, 11) is 1.89. The number of amides is 1. The minimum absolute atomic E-state index is 0.196. The van der Waals surface area contributed by atoms with Gasteiger partial charge in [-0.3, -0.25) is 14.5 Å². The molecule has 0 aliphatic carbocycles. The predicted octanol–water partition coefficient (Wildman–Crippen LogP) is 1.37. The van der Waals surface area contributed by atoms with Gasteiger partial charge in [-0.2, -0.15) is 5.06 Å². The summed E-state index contributed by atoms with van der Waals surface area (Å²) in [5.74, 6) is -0.677. The topological polar surface area (TPSA) is 49.9 Å². The summed E-state index contributed by atoms with van der Waals surface area (Å²) >= 11 is 0. The minimum atomic E-state index is -0.481. The van der Waals surface area contributed by atoms with E-state index in [1.165, 1.54) is 12.0 Å². The van der Waals surface area contributed by atoms with Crippen molar-refractivity contribution in [1.82, 2.24) is 9.96 Å². The average Bonchev–Trinajstić information content (AvgIpc) is 2.40. The van der Waals surface area contributed by atoms with Crippen LogP contribution in [0.4, 0.5) is 0 Å². The highest BCUT2D eigenvalue weighted by Gasteiger charge is 2.39. The molecular weight excluding hydrogens is 244 g/mol. The molecule has 0 saturated carbocycles. The first-order valence-electron chi connectivity index (χ1n) is 6.27. The number of likely N-dealkylation sites (N-methyl/N-ethyl adjacent to an activating group) is 1. The molecule has 1 saturated heterocycles. The van der Waals surface area contributed by atoms with Gasteiger partial charge in [0.05, 0.1) is 6.04 Å². The molecule has 1 unspecified atom stereocenters. The van der Waals surface area contributed by atoms with E-state index in [-0.39, 0.29) is 18.0 Å². The first-order chi connectivity index (χ1) is 9.00. The second-order valence-electron chi connectivity index (χ2n) is 4.79. The van der Waals surface area contributed by atoms with Gasteiger partial charge < -0.3 is 4.84 Å². The van der Waals surface area contributed by atoms with Crippen molar-refractivity contribution in [3.8, 4) is 0 Å². The maximum atomic E-state index is 12.3. The third-order valence-corrected chi connectivity index (χ3v) is 3.39. The van der Waals surface area contributed by atoms with Crippen molar-refractivity contribution in [2.45, 2.75) is 25.9 Å². The molecule has 1 fully saturated rings. The Labute approximate surface area is 112 Å². The van der Waals surface area contributed by atoms with Crippen molar-refractivity contribution in [1.29, 1.82) is 0 Å². The number of piperazine rings is 1. The van der Waals surface area contributed by atoms with Crippen molar-refractivity contribution < 1.29 is 14.4 Å². The first-order valence-corrected chi connectivity index (χ1v) is 6.27. The van der Waals surface area contributed by atoms with Gasteiger partial charge in [0.1, 0.15) is 6.04 Å². The summed E-state index contributed by atoms with van der Waals surface area (Å²) in [6, 6.07) is 9.03. The van der Waals surface area contributed by atoms with Gasteiger partial charge in [-0.25, -0.2) is 0 Å². The quantitative estimate of drug-likeness (QED) is 0.807. The zero-order valence-corrected chi connectivity index (χ0v) is 11.4. The van der Waals surface area contributed by atoms with Gasteiger partial charge in [0.2, 0.25) is 0 Å². The van der Waals surface area contributed by atoms with Crippen LogP contribution < -0.4 is 0 Å². The Morgan fingerprint density at radius 3 is 2.53 bits per heavy atom. The molecule has 1 aromatic carbocycles. The van der Waals surface area contributed by atoms with E-state index in [9.17, 15) is 9.59 Å². The summed E-state index contributed by atoms with van der Waals surface area (Å²) in [5, 5.41) is 1.21. The summed E-state index contributed by atoms with van der Waals surface area (Å²) in [6.07, 6.45) is 0. The third kappa shape index (κ3) is 2.76. The molecule has 0 N–H and O–H groups in total. The summed E-state index contributed by atoms with van der Waals surface area (Å²) in [6.45, 7) is 3.74. The zero-order chi connectivity index (χ0) is 14.0. The summed E-state index contributed by atoms with van der Waals surface area (Å²) in [5.41, 5.74) is 0.954. The number of hydrogen-bond acceptors (Lipinski definition) is 4. The molecule has 5 heteroatoms. The van der Waals surface area contributed by atoms with Gasteiger partial charge in [0, 0.05) is 13.5 Å². The van der Waals surface area contributed by atoms with E-state index in [2.05, 4.69) is 0 Å². The maximum absolute atomic E-state index is 12.3. The lowest BCUT2D eigenvalue weighted by Crippen LogP contribution is -2.55. The van der Waals surface area contributed by atoms with Crippen LogP contribution in [0, 0.1) is 0 Å².